The van der Waals surface area contributed by atoms with Crippen molar-refractivity contribution >= 4 is 23.5 Å². The molecule has 0 rings (SSSR count). The van der Waals surface area contributed by atoms with Gasteiger partial charge in [0.1, 0.15) is 0 Å². The van der Waals surface area contributed by atoms with E-state index in [9.17, 15) is 9.59 Å². The molecule has 0 aromatic carbocycles. The summed E-state index contributed by atoms with van der Waals surface area (Å²) < 4.78 is 0. The Balaban J connectivity index is 4.05. The molecule has 0 amide bonds. The molecule has 0 heterocycles. The normalized spacial score (nSPS) is 8.56. The number of carboxylic acids is 1. The summed E-state index contributed by atoms with van der Waals surface area (Å²) in [5, 5.41) is 8.06. The van der Waals surface area contributed by atoms with E-state index in [0.29, 0.717) is 0 Å². The Bertz CT molecular complexity index is 162. The third-order valence-electron chi connectivity index (χ3n) is 0.694. The second kappa shape index (κ2) is 3.29. The predicted molar refractivity (Wildman–Crippen MR) is 35.3 cm³/mol. The summed E-state index contributed by atoms with van der Waals surface area (Å²) in [6.07, 6.45) is 1.60. The van der Waals surface area contributed by atoms with Crippen molar-refractivity contribution in [2.24, 2.45) is 0 Å². The molecule has 0 saturated carbocycles. The van der Waals surface area contributed by atoms with Gasteiger partial charge in [0.2, 0.25) is 0 Å². The molecular weight excluding hydrogens is 140 g/mol. The molecule has 4 heteroatoms. The van der Waals surface area contributed by atoms with Crippen molar-refractivity contribution < 1.29 is 14.7 Å². The van der Waals surface area contributed by atoms with E-state index in [-0.39, 0.29) is 4.91 Å². The molecule has 0 atom stereocenters. The number of aliphatic carboxylic acids is 1. The summed E-state index contributed by atoms with van der Waals surface area (Å²) in [6.45, 7) is 3.23. The van der Waals surface area contributed by atoms with Crippen LogP contribution in [0.3, 0.4) is 0 Å². The first-order valence-corrected chi connectivity index (χ1v) is 3.32. The van der Waals surface area contributed by atoms with Gasteiger partial charge in [0.05, 0.1) is 4.91 Å². The number of carboxylic acid groups (broad SMARTS) is 1. The highest BCUT2D eigenvalue weighted by Gasteiger charge is 2.13. The SMILES string of the molecule is C=C(SC)C(=O)C(=O)O. The first-order valence-electron chi connectivity index (χ1n) is 2.10. The van der Waals surface area contributed by atoms with Crippen LogP contribution in [0, 0.1) is 0 Å². The fourth-order valence-electron chi connectivity index (χ4n) is 0.212. The van der Waals surface area contributed by atoms with Crippen molar-refractivity contribution in [2.45, 2.75) is 0 Å². The van der Waals surface area contributed by atoms with Gasteiger partial charge >= 0.3 is 5.97 Å². The summed E-state index contributed by atoms with van der Waals surface area (Å²) in [7, 11) is 0. The standard InChI is InChI=1S/C5H6O3S/c1-3(9-2)4(6)5(7)8/h1H2,2H3,(H,7,8). The lowest BCUT2D eigenvalue weighted by atomic mass is 10.4. The molecule has 0 aliphatic rings. The molecule has 0 saturated heterocycles. The Labute approximate surface area is 56.7 Å². The van der Waals surface area contributed by atoms with Crippen LogP contribution in [0.5, 0.6) is 0 Å². The van der Waals surface area contributed by atoms with Crippen molar-refractivity contribution in [2.75, 3.05) is 6.26 Å². The van der Waals surface area contributed by atoms with E-state index in [2.05, 4.69) is 6.58 Å². The summed E-state index contributed by atoms with van der Waals surface area (Å²) in [6, 6.07) is 0. The zero-order valence-corrected chi connectivity index (χ0v) is 5.70. The van der Waals surface area contributed by atoms with Gasteiger partial charge in [-0.15, -0.1) is 11.8 Å². The van der Waals surface area contributed by atoms with Crippen molar-refractivity contribution in [3.05, 3.63) is 11.5 Å². The highest BCUT2D eigenvalue weighted by atomic mass is 32.2. The molecule has 0 unspecified atom stereocenters. The van der Waals surface area contributed by atoms with E-state index in [4.69, 9.17) is 5.11 Å². The molecule has 0 bridgehead atoms. The Morgan fingerprint density at radius 3 is 2.11 bits per heavy atom. The fourth-order valence-corrected chi connectivity index (χ4v) is 0.485. The highest BCUT2D eigenvalue weighted by Crippen LogP contribution is 2.08. The number of hydrogen-bond donors (Lipinski definition) is 1. The minimum Gasteiger partial charge on any atom is -0.475 e. The maximum absolute atomic E-state index is 10.4. The van der Waals surface area contributed by atoms with Crippen LogP contribution in [0.15, 0.2) is 11.5 Å². The van der Waals surface area contributed by atoms with E-state index < -0.39 is 11.8 Å². The quantitative estimate of drug-likeness (QED) is 0.465. The molecule has 0 aliphatic heterocycles. The topological polar surface area (TPSA) is 54.4 Å². The van der Waals surface area contributed by atoms with Crippen molar-refractivity contribution in [3.8, 4) is 0 Å². The molecule has 0 aromatic rings. The van der Waals surface area contributed by atoms with Gasteiger partial charge in [-0.05, 0) is 6.26 Å². The van der Waals surface area contributed by atoms with Crippen LogP contribution in [0.25, 0.3) is 0 Å². The lowest BCUT2D eigenvalue weighted by Crippen LogP contribution is -2.12. The maximum Gasteiger partial charge on any atom is 0.377 e. The average Bonchev–Trinajstić information content (AvgIpc) is 1.84. The number of hydrogen-bond acceptors (Lipinski definition) is 3. The van der Waals surface area contributed by atoms with Gasteiger partial charge in [0.25, 0.3) is 5.78 Å². The highest BCUT2D eigenvalue weighted by molar-refractivity contribution is 8.03. The lowest BCUT2D eigenvalue weighted by Gasteiger charge is -1.91. The molecule has 0 aromatic heterocycles. The number of carbonyl (C=O) groups excluding carboxylic acids is 1. The van der Waals surface area contributed by atoms with Crippen LogP contribution >= 0.6 is 11.8 Å². The molecule has 50 valence electrons. The average molecular weight is 146 g/mol. The summed E-state index contributed by atoms with van der Waals surface area (Å²) in [4.78, 5) is 20.3. The van der Waals surface area contributed by atoms with E-state index in [0.717, 1.165) is 11.8 Å². The Morgan fingerprint density at radius 2 is 2.00 bits per heavy atom. The number of Topliss-reactive ketones (excluding diaryl/α,β-unsaturated/α-hetero) is 1. The first-order chi connectivity index (χ1) is 4.09. The van der Waals surface area contributed by atoms with Crippen LogP contribution < -0.4 is 0 Å². The molecule has 0 fully saturated rings. The molecule has 1 N–H and O–H groups in total. The number of ketones is 1. The minimum atomic E-state index is -1.45. The van der Waals surface area contributed by atoms with Gasteiger partial charge in [0, 0.05) is 0 Å². The van der Waals surface area contributed by atoms with Gasteiger partial charge in [-0.2, -0.15) is 0 Å². The lowest BCUT2D eigenvalue weighted by molar-refractivity contribution is -0.146. The van der Waals surface area contributed by atoms with Crippen molar-refractivity contribution in [1.29, 1.82) is 0 Å². The second-order valence-electron chi connectivity index (χ2n) is 1.26. The van der Waals surface area contributed by atoms with E-state index in [1.165, 1.54) is 0 Å². The number of carbonyl (C=O) groups is 2. The van der Waals surface area contributed by atoms with Gasteiger partial charge in [-0.3, -0.25) is 4.79 Å². The number of thioether (sulfide) groups is 1. The van der Waals surface area contributed by atoms with E-state index in [1.54, 1.807) is 6.26 Å². The molecule has 0 radical (unpaired) electrons. The smallest absolute Gasteiger partial charge is 0.377 e. The predicted octanol–water partition coefficient (Wildman–Crippen LogP) is 0.517. The van der Waals surface area contributed by atoms with Crippen LogP contribution in [0.4, 0.5) is 0 Å². The number of rotatable bonds is 3. The molecular formula is C5H6O3S. The zero-order chi connectivity index (χ0) is 7.44. The summed E-state index contributed by atoms with van der Waals surface area (Å²) in [5.41, 5.74) is 0. The first kappa shape index (κ1) is 8.23. The van der Waals surface area contributed by atoms with Gasteiger partial charge in [0.15, 0.2) is 0 Å². The fraction of sp³-hybridized carbons (Fsp3) is 0.200. The Hall–Kier alpha value is -0.770. The maximum atomic E-state index is 10.4. The molecule has 0 spiro atoms. The minimum absolute atomic E-state index is 0.0579. The largest absolute Gasteiger partial charge is 0.475 e. The Kier molecular flexibility index (Phi) is 3.01. The van der Waals surface area contributed by atoms with Crippen molar-refractivity contribution in [3.63, 3.8) is 0 Å². The molecule has 3 nitrogen and oxygen atoms in total. The van der Waals surface area contributed by atoms with Crippen molar-refractivity contribution in [1.82, 2.24) is 0 Å². The van der Waals surface area contributed by atoms with Crippen LogP contribution in [0.2, 0.25) is 0 Å². The monoisotopic (exact) mass is 146 g/mol. The van der Waals surface area contributed by atoms with E-state index >= 15 is 0 Å². The molecule has 0 aliphatic carbocycles. The van der Waals surface area contributed by atoms with Gasteiger partial charge in [-0.25, -0.2) is 4.79 Å². The summed E-state index contributed by atoms with van der Waals surface area (Å²) >= 11 is 1.04. The van der Waals surface area contributed by atoms with Crippen LogP contribution in [-0.4, -0.2) is 23.1 Å². The van der Waals surface area contributed by atoms with Crippen LogP contribution in [-0.2, 0) is 9.59 Å². The summed E-state index contributed by atoms with van der Waals surface area (Å²) in [5.74, 6) is -2.38. The van der Waals surface area contributed by atoms with Gasteiger partial charge in [-0.1, -0.05) is 6.58 Å². The Morgan fingerprint density at radius 1 is 1.56 bits per heavy atom. The third-order valence-corrected chi connectivity index (χ3v) is 1.37. The third kappa shape index (κ3) is 2.32. The second-order valence-corrected chi connectivity index (χ2v) is 2.16. The van der Waals surface area contributed by atoms with E-state index in [1.807, 2.05) is 0 Å². The molecule has 9 heavy (non-hydrogen) atoms. The van der Waals surface area contributed by atoms with Gasteiger partial charge < -0.3 is 5.11 Å². The van der Waals surface area contributed by atoms with Crippen LogP contribution in [0.1, 0.15) is 0 Å². The zero-order valence-electron chi connectivity index (χ0n) is 4.88.